The van der Waals surface area contributed by atoms with Crippen molar-refractivity contribution < 1.29 is 9.90 Å². The van der Waals surface area contributed by atoms with Crippen LogP contribution in [0.15, 0.2) is 11.4 Å². The third-order valence-electron chi connectivity index (χ3n) is 2.38. The van der Waals surface area contributed by atoms with Gasteiger partial charge in [-0.2, -0.15) is 0 Å². The van der Waals surface area contributed by atoms with Gasteiger partial charge in [-0.1, -0.05) is 0 Å². The van der Waals surface area contributed by atoms with E-state index < -0.39 is 0 Å². The van der Waals surface area contributed by atoms with Crippen LogP contribution in [0, 0.1) is 0 Å². The van der Waals surface area contributed by atoms with E-state index in [4.69, 9.17) is 5.11 Å². The molecule has 0 saturated heterocycles. The summed E-state index contributed by atoms with van der Waals surface area (Å²) in [6.07, 6.45) is 3.27. The smallest absolute Gasteiger partial charge is 0.160 e. The van der Waals surface area contributed by atoms with Gasteiger partial charge in [0.05, 0.1) is 11.5 Å². The molecule has 0 aliphatic heterocycles. The summed E-state index contributed by atoms with van der Waals surface area (Å²) in [5.41, 5.74) is 1.08. The molecular weight excluding hydrogens is 198 g/mol. The molecule has 0 spiro atoms. The third kappa shape index (κ3) is 1.96. The fourth-order valence-electron chi connectivity index (χ4n) is 1.57. The second-order valence-electron chi connectivity index (χ2n) is 3.47. The molecule has 2 rings (SSSR count). The first-order valence-electron chi connectivity index (χ1n) is 4.76. The fraction of sp³-hybridized carbons (Fsp3) is 0.500. The molecule has 1 aliphatic rings. The average Bonchev–Trinajstić information content (AvgIpc) is 2.92. The van der Waals surface area contributed by atoms with Gasteiger partial charge in [-0.05, 0) is 18.9 Å². The average molecular weight is 211 g/mol. The highest BCUT2D eigenvalue weighted by Crippen LogP contribution is 2.33. The van der Waals surface area contributed by atoms with Gasteiger partial charge in [0.2, 0.25) is 0 Å². The Labute approximate surface area is 87.0 Å². The minimum Gasteiger partial charge on any atom is -0.395 e. The molecule has 1 saturated carbocycles. The summed E-state index contributed by atoms with van der Waals surface area (Å²) < 4.78 is 0. The molecule has 0 unspecified atom stereocenters. The molecule has 1 fully saturated rings. The second-order valence-corrected chi connectivity index (χ2v) is 4.42. The van der Waals surface area contributed by atoms with Gasteiger partial charge in [0.25, 0.3) is 0 Å². The van der Waals surface area contributed by atoms with Crippen molar-refractivity contribution in [3.63, 3.8) is 0 Å². The van der Waals surface area contributed by atoms with E-state index in [1.54, 1.807) is 0 Å². The summed E-state index contributed by atoms with van der Waals surface area (Å²) in [5, 5.41) is 10.9. The van der Waals surface area contributed by atoms with Gasteiger partial charge in [-0.25, -0.2) is 0 Å². The quantitative estimate of drug-likeness (QED) is 0.751. The van der Waals surface area contributed by atoms with Gasteiger partial charge in [-0.3, -0.25) is 4.79 Å². The predicted molar refractivity (Wildman–Crippen MR) is 57.2 cm³/mol. The summed E-state index contributed by atoms with van der Waals surface area (Å²) in [4.78, 5) is 13.5. The van der Waals surface area contributed by atoms with Crippen LogP contribution in [0.2, 0.25) is 0 Å². The zero-order chi connectivity index (χ0) is 9.97. The van der Waals surface area contributed by atoms with E-state index in [2.05, 4.69) is 4.90 Å². The first-order valence-corrected chi connectivity index (χ1v) is 5.64. The van der Waals surface area contributed by atoms with Gasteiger partial charge in [0.1, 0.15) is 0 Å². The number of hydrogen-bond acceptors (Lipinski definition) is 4. The van der Waals surface area contributed by atoms with Crippen LogP contribution in [-0.2, 0) is 0 Å². The van der Waals surface area contributed by atoms with Crippen LogP contribution in [0.25, 0.3) is 0 Å². The number of hydrogen-bond donors (Lipinski definition) is 1. The van der Waals surface area contributed by atoms with E-state index in [0.717, 1.165) is 16.9 Å². The maximum absolute atomic E-state index is 10.5. The van der Waals surface area contributed by atoms with Crippen LogP contribution in [0.5, 0.6) is 0 Å². The highest BCUT2D eigenvalue weighted by atomic mass is 32.1. The van der Waals surface area contributed by atoms with Crippen molar-refractivity contribution in [2.75, 3.05) is 18.1 Å². The Hall–Kier alpha value is -0.870. The Morgan fingerprint density at radius 3 is 2.93 bits per heavy atom. The summed E-state index contributed by atoms with van der Waals surface area (Å²) >= 11 is 1.46. The van der Waals surface area contributed by atoms with E-state index in [-0.39, 0.29) is 6.61 Å². The summed E-state index contributed by atoms with van der Waals surface area (Å²) in [7, 11) is 0. The number of carbonyl (C=O) groups is 1. The van der Waals surface area contributed by atoms with Crippen LogP contribution in [-0.4, -0.2) is 30.6 Å². The van der Waals surface area contributed by atoms with Crippen molar-refractivity contribution in [2.24, 2.45) is 0 Å². The third-order valence-corrected chi connectivity index (χ3v) is 3.23. The Balaban J connectivity index is 2.12. The van der Waals surface area contributed by atoms with Gasteiger partial charge < -0.3 is 10.0 Å². The van der Waals surface area contributed by atoms with Crippen LogP contribution in [0.3, 0.4) is 0 Å². The maximum atomic E-state index is 10.5. The van der Waals surface area contributed by atoms with Gasteiger partial charge in [0, 0.05) is 23.7 Å². The molecule has 4 heteroatoms. The number of carbonyl (C=O) groups excluding carboxylic acids is 1. The largest absolute Gasteiger partial charge is 0.395 e. The Bertz CT molecular complexity index is 320. The molecular formula is C10H13NO2S. The highest BCUT2D eigenvalue weighted by molar-refractivity contribution is 7.12. The normalized spacial score (nSPS) is 15.5. The van der Waals surface area contributed by atoms with Crippen molar-refractivity contribution in [3.8, 4) is 0 Å². The Kier molecular flexibility index (Phi) is 2.84. The van der Waals surface area contributed by atoms with E-state index in [1.165, 1.54) is 24.2 Å². The SMILES string of the molecule is O=Cc1cc(N(CCO)C2CC2)cs1. The fourth-order valence-corrected chi connectivity index (χ4v) is 2.28. The summed E-state index contributed by atoms with van der Waals surface area (Å²) in [6.45, 7) is 0.836. The monoisotopic (exact) mass is 211 g/mol. The highest BCUT2D eigenvalue weighted by Gasteiger charge is 2.29. The van der Waals surface area contributed by atoms with Crippen LogP contribution in [0.1, 0.15) is 22.5 Å². The zero-order valence-electron chi connectivity index (χ0n) is 7.85. The summed E-state index contributed by atoms with van der Waals surface area (Å²) in [6, 6.07) is 2.47. The molecule has 1 aromatic rings. The zero-order valence-corrected chi connectivity index (χ0v) is 8.67. The van der Waals surface area contributed by atoms with Crippen LogP contribution >= 0.6 is 11.3 Å². The number of anilines is 1. The van der Waals surface area contributed by atoms with Crippen LogP contribution < -0.4 is 4.90 Å². The van der Waals surface area contributed by atoms with Crippen molar-refractivity contribution in [1.82, 2.24) is 0 Å². The Morgan fingerprint density at radius 1 is 1.64 bits per heavy atom. The summed E-state index contributed by atoms with van der Waals surface area (Å²) in [5.74, 6) is 0. The van der Waals surface area contributed by atoms with Crippen molar-refractivity contribution in [2.45, 2.75) is 18.9 Å². The minimum atomic E-state index is 0.169. The minimum absolute atomic E-state index is 0.169. The molecule has 1 N–H and O–H groups in total. The first kappa shape index (κ1) is 9.68. The standard InChI is InChI=1S/C10H13NO2S/c12-4-3-11(8-1-2-8)9-5-10(6-13)14-7-9/h5-8,12H,1-4H2. The van der Waals surface area contributed by atoms with Crippen LogP contribution in [0.4, 0.5) is 5.69 Å². The van der Waals surface area contributed by atoms with Crippen molar-refractivity contribution in [3.05, 3.63) is 16.3 Å². The lowest BCUT2D eigenvalue weighted by molar-refractivity contribution is 0.112. The van der Waals surface area contributed by atoms with Crippen molar-refractivity contribution in [1.29, 1.82) is 0 Å². The molecule has 1 heterocycles. The number of thiophene rings is 1. The van der Waals surface area contributed by atoms with Gasteiger partial charge >= 0.3 is 0 Å². The lowest BCUT2D eigenvalue weighted by atomic mass is 10.3. The molecule has 0 radical (unpaired) electrons. The van der Waals surface area contributed by atoms with Gasteiger partial charge in [0.15, 0.2) is 6.29 Å². The second kappa shape index (κ2) is 4.11. The van der Waals surface area contributed by atoms with E-state index >= 15 is 0 Å². The molecule has 0 amide bonds. The Morgan fingerprint density at radius 2 is 2.43 bits per heavy atom. The van der Waals surface area contributed by atoms with E-state index in [0.29, 0.717) is 12.6 Å². The number of rotatable bonds is 5. The molecule has 0 atom stereocenters. The molecule has 14 heavy (non-hydrogen) atoms. The number of aliphatic hydroxyl groups is 1. The topological polar surface area (TPSA) is 40.5 Å². The molecule has 0 aromatic carbocycles. The maximum Gasteiger partial charge on any atom is 0.160 e. The lowest BCUT2D eigenvalue weighted by Gasteiger charge is -2.21. The van der Waals surface area contributed by atoms with E-state index in [9.17, 15) is 4.79 Å². The first-order chi connectivity index (χ1) is 6.85. The molecule has 1 aliphatic carbocycles. The van der Waals surface area contributed by atoms with Gasteiger partial charge in [-0.15, -0.1) is 11.3 Å². The lowest BCUT2D eigenvalue weighted by Crippen LogP contribution is -2.28. The number of aldehydes is 1. The molecule has 0 bridgehead atoms. The van der Waals surface area contributed by atoms with E-state index in [1.807, 2.05) is 11.4 Å². The molecule has 3 nitrogen and oxygen atoms in total. The molecule has 76 valence electrons. The number of aliphatic hydroxyl groups excluding tert-OH is 1. The number of nitrogens with zero attached hydrogens (tertiary/aromatic N) is 1. The predicted octanol–water partition coefficient (Wildman–Crippen LogP) is 1.52. The van der Waals surface area contributed by atoms with Crippen molar-refractivity contribution >= 4 is 23.3 Å². The molecule has 1 aromatic heterocycles.